The van der Waals surface area contributed by atoms with Crippen molar-refractivity contribution in [1.82, 2.24) is 4.90 Å². The van der Waals surface area contributed by atoms with Crippen molar-refractivity contribution in [3.63, 3.8) is 0 Å². The Balaban J connectivity index is 2.19. The molecule has 4 heteroatoms. The molecule has 0 saturated carbocycles. The summed E-state index contributed by atoms with van der Waals surface area (Å²) in [6.45, 7) is 4.70. The SMILES string of the molecule is CC(C)c1ccc(C(=O)N2CCC(O)C2)cc1F. The zero-order chi connectivity index (χ0) is 13.3. The van der Waals surface area contributed by atoms with Crippen LogP contribution in [0.2, 0.25) is 0 Å². The van der Waals surface area contributed by atoms with E-state index >= 15 is 0 Å². The van der Waals surface area contributed by atoms with Crippen LogP contribution in [0.1, 0.15) is 42.1 Å². The molecule has 3 nitrogen and oxygen atoms in total. The molecule has 1 N–H and O–H groups in total. The number of hydrogen-bond acceptors (Lipinski definition) is 2. The zero-order valence-corrected chi connectivity index (χ0v) is 10.7. The number of rotatable bonds is 2. The normalized spacial score (nSPS) is 19.6. The molecule has 0 spiro atoms. The highest BCUT2D eigenvalue weighted by atomic mass is 19.1. The Hall–Kier alpha value is -1.42. The Labute approximate surface area is 106 Å². The van der Waals surface area contributed by atoms with Gasteiger partial charge in [0.1, 0.15) is 5.82 Å². The Kier molecular flexibility index (Phi) is 3.66. The molecule has 1 fully saturated rings. The summed E-state index contributed by atoms with van der Waals surface area (Å²) >= 11 is 0. The van der Waals surface area contributed by atoms with E-state index in [-0.39, 0.29) is 17.6 Å². The van der Waals surface area contributed by atoms with E-state index in [1.54, 1.807) is 17.0 Å². The summed E-state index contributed by atoms with van der Waals surface area (Å²) in [6, 6.07) is 4.62. The van der Waals surface area contributed by atoms with Crippen molar-refractivity contribution in [3.8, 4) is 0 Å². The molecule has 1 atom stereocenters. The Morgan fingerprint density at radius 2 is 2.22 bits per heavy atom. The second-order valence-corrected chi connectivity index (χ2v) is 5.08. The molecule has 0 aromatic heterocycles. The second-order valence-electron chi connectivity index (χ2n) is 5.08. The Morgan fingerprint density at radius 1 is 1.50 bits per heavy atom. The van der Waals surface area contributed by atoms with Crippen LogP contribution in [0.3, 0.4) is 0 Å². The van der Waals surface area contributed by atoms with E-state index in [9.17, 15) is 14.3 Å². The minimum absolute atomic E-state index is 0.0998. The molecule has 1 saturated heterocycles. The van der Waals surface area contributed by atoms with Crippen LogP contribution < -0.4 is 0 Å². The number of carbonyl (C=O) groups excluding carboxylic acids is 1. The van der Waals surface area contributed by atoms with E-state index in [1.165, 1.54) is 6.07 Å². The molecule has 1 amide bonds. The monoisotopic (exact) mass is 251 g/mol. The highest BCUT2D eigenvalue weighted by Crippen LogP contribution is 2.21. The summed E-state index contributed by atoms with van der Waals surface area (Å²) in [5.74, 6) is -0.445. The van der Waals surface area contributed by atoms with Crippen molar-refractivity contribution in [2.24, 2.45) is 0 Å². The quantitative estimate of drug-likeness (QED) is 0.875. The van der Waals surface area contributed by atoms with Gasteiger partial charge in [0.25, 0.3) is 5.91 Å². The first kappa shape index (κ1) is 13.0. The molecular formula is C14H18FNO2. The highest BCUT2D eigenvalue weighted by Gasteiger charge is 2.25. The van der Waals surface area contributed by atoms with E-state index in [2.05, 4.69) is 0 Å². The van der Waals surface area contributed by atoms with Gasteiger partial charge in [0.05, 0.1) is 6.10 Å². The number of hydrogen-bond donors (Lipinski definition) is 1. The first-order chi connectivity index (χ1) is 8.49. The summed E-state index contributed by atoms with van der Waals surface area (Å²) in [5, 5.41) is 9.40. The van der Waals surface area contributed by atoms with E-state index in [0.29, 0.717) is 30.6 Å². The van der Waals surface area contributed by atoms with Gasteiger partial charge in [0.2, 0.25) is 0 Å². The van der Waals surface area contributed by atoms with Crippen molar-refractivity contribution in [2.45, 2.75) is 32.3 Å². The number of carbonyl (C=O) groups is 1. The third kappa shape index (κ3) is 2.53. The lowest BCUT2D eigenvalue weighted by molar-refractivity contribution is 0.0764. The third-order valence-corrected chi connectivity index (χ3v) is 3.32. The van der Waals surface area contributed by atoms with Crippen molar-refractivity contribution in [3.05, 3.63) is 35.1 Å². The molecule has 0 bridgehead atoms. The van der Waals surface area contributed by atoms with E-state index in [1.807, 2.05) is 13.8 Å². The number of amides is 1. The number of likely N-dealkylation sites (tertiary alicyclic amines) is 1. The molecule has 1 aliphatic rings. The van der Waals surface area contributed by atoms with Crippen LogP contribution in [0, 0.1) is 5.82 Å². The minimum Gasteiger partial charge on any atom is -0.391 e. The summed E-state index contributed by atoms with van der Waals surface area (Å²) < 4.78 is 13.8. The number of aliphatic hydroxyl groups is 1. The maximum atomic E-state index is 13.8. The van der Waals surface area contributed by atoms with Crippen LogP contribution in [0.25, 0.3) is 0 Å². The smallest absolute Gasteiger partial charge is 0.254 e. The fraction of sp³-hybridized carbons (Fsp3) is 0.500. The number of halogens is 1. The van der Waals surface area contributed by atoms with Gasteiger partial charge in [-0.3, -0.25) is 4.79 Å². The molecule has 18 heavy (non-hydrogen) atoms. The number of aliphatic hydroxyl groups excluding tert-OH is 1. The molecule has 1 unspecified atom stereocenters. The van der Waals surface area contributed by atoms with Gasteiger partial charge in [-0.05, 0) is 30.0 Å². The van der Waals surface area contributed by atoms with Gasteiger partial charge in [0, 0.05) is 18.7 Å². The van der Waals surface area contributed by atoms with Crippen LogP contribution in [-0.4, -0.2) is 35.1 Å². The van der Waals surface area contributed by atoms with Crippen molar-refractivity contribution in [2.75, 3.05) is 13.1 Å². The van der Waals surface area contributed by atoms with Crippen LogP contribution in [0.4, 0.5) is 4.39 Å². The fourth-order valence-corrected chi connectivity index (χ4v) is 2.24. The zero-order valence-electron chi connectivity index (χ0n) is 10.7. The van der Waals surface area contributed by atoms with Crippen molar-refractivity contribution in [1.29, 1.82) is 0 Å². The average molecular weight is 251 g/mol. The minimum atomic E-state index is -0.450. The summed E-state index contributed by atoms with van der Waals surface area (Å²) in [6.07, 6.45) is 0.145. The first-order valence-electron chi connectivity index (χ1n) is 6.26. The Morgan fingerprint density at radius 3 is 2.72 bits per heavy atom. The highest BCUT2D eigenvalue weighted by molar-refractivity contribution is 5.94. The van der Waals surface area contributed by atoms with Gasteiger partial charge < -0.3 is 10.0 Å². The lowest BCUT2D eigenvalue weighted by atomic mass is 10.0. The van der Waals surface area contributed by atoms with E-state index in [0.717, 1.165) is 0 Å². The van der Waals surface area contributed by atoms with Crippen LogP contribution in [0.15, 0.2) is 18.2 Å². The van der Waals surface area contributed by atoms with Gasteiger partial charge in [-0.25, -0.2) is 4.39 Å². The molecule has 1 heterocycles. The third-order valence-electron chi connectivity index (χ3n) is 3.32. The molecule has 2 rings (SSSR count). The van der Waals surface area contributed by atoms with Gasteiger partial charge in [-0.15, -0.1) is 0 Å². The maximum Gasteiger partial charge on any atom is 0.254 e. The van der Waals surface area contributed by atoms with E-state index < -0.39 is 6.10 Å². The molecular weight excluding hydrogens is 233 g/mol. The number of nitrogens with zero attached hydrogens (tertiary/aromatic N) is 1. The van der Waals surface area contributed by atoms with Gasteiger partial charge >= 0.3 is 0 Å². The Bertz CT molecular complexity index is 459. The predicted octanol–water partition coefficient (Wildman–Crippen LogP) is 2.16. The number of benzene rings is 1. The maximum absolute atomic E-state index is 13.8. The average Bonchev–Trinajstić information content (AvgIpc) is 2.74. The van der Waals surface area contributed by atoms with Crippen LogP contribution >= 0.6 is 0 Å². The van der Waals surface area contributed by atoms with Gasteiger partial charge in [-0.2, -0.15) is 0 Å². The summed E-state index contributed by atoms with van der Waals surface area (Å²) in [5.41, 5.74) is 0.971. The van der Waals surface area contributed by atoms with Crippen molar-refractivity contribution < 1.29 is 14.3 Å². The summed E-state index contributed by atoms with van der Waals surface area (Å²) in [7, 11) is 0. The topological polar surface area (TPSA) is 40.5 Å². The standard InChI is InChI=1S/C14H18FNO2/c1-9(2)12-4-3-10(7-13(12)15)14(18)16-6-5-11(17)8-16/h3-4,7,9,11,17H,5-6,8H2,1-2H3. The van der Waals surface area contributed by atoms with Crippen molar-refractivity contribution >= 4 is 5.91 Å². The molecule has 1 aromatic rings. The van der Waals surface area contributed by atoms with Gasteiger partial charge in [-0.1, -0.05) is 19.9 Å². The largest absolute Gasteiger partial charge is 0.391 e. The molecule has 0 aliphatic carbocycles. The lowest BCUT2D eigenvalue weighted by Gasteiger charge is -2.16. The second kappa shape index (κ2) is 5.06. The van der Waals surface area contributed by atoms with Gasteiger partial charge in [0.15, 0.2) is 0 Å². The van der Waals surface area contributed by atoms with Crippen LogP contribution in [-0.2, 0) is 0 Å². The number of β-amino-alcohol motifs (C(OH)–C–C–N with tert-alkyl or cyclic N) is 1. The van der Waals surface area contributed by atoms with E-state index in [4.69, 9.17) is 0 Å². The fourth-order valence-electron chi connectivity index (χ4n) is 2.24. The molecule has 98 valence electrons. The molecule has 0 radical (unpaired) electrons. The first-order valence-corrected chi connectivity index (χ1v) is 6.26. The predicted molar refractivity (Wildman–Crippen MR) is 67.0 cm³/mol. The van der Waals surface area contributed by atoms with Crippen LogP contribution in [0.5, 0.6) is 0 Å². The lowest BCUT2D eigenvalue weighted by Crippen LogP contribution is -2.29. The molecule has 1 aromatic carbocycles. The summed E-state index contributed by atoms with van der Waals surface area (Å²) in [4.78, 5) is 13.6. The molecule has 1 aliphatic heterocycles.